The van der Waals surface area contributed by atoms with E-state index in [9.17, 15) is 19.7 Å². The first-order valence-corrected chi connectivity index (χ1v) is 14.5. The standard InChI is InChI=1S/C33H34BNO6/c1-2-7-21-17-26-31(33(38)25-9-4-3-8-24(25)32(26)37)27-18-34(39)41-29(30(21)27)14-11-20(28-10-5-6-15-35-28)16-22-12-13-23(19-36)40-22/h3-6,8-10,12-13,15-16,26-27,29,31,36,39H,2,7,11,14,17-19H2,1H3/b20-16-/t26-,27+,29-,31-/m1/s1. The number of pyridine rings is 1. The first kappa shape index (κ1) is 27.6. The minimum Gasteiger partial charge on any atom is -0.459 e. The van der Waals surface area contributed by atoms with Gasteiger partial charge in [-0.05, 0) is 79.4 Å². The average Bonchev–Trinajstić information content (AvgIpc) is 3.46. The fraction of sp³-hybridized carbons (Fsp3) is 0.364. The van der Waals surface area contributed by atoms with Gasteiger partial charge in [-0.25, -0.2) is 0 Å². The predicted molar refractivity (Wildman–Crippen MR) is 156 cm³/mol. The maximum Gasteiger partial charge on any atom is 0.455 e. The van der Waals surface area contributed by atoms with E-state index in [1.807, 2.05) is 42.5 Å². The Labute approximate surface area is 240 Å². The van der Waals surface area contributed by atoms with Crippen LogP contribution in [0, 0.1) is 17.8 Å². The maximum absolute atomic E-state index is 13.9. The van der Waals surface area contributed by atoms with Gasteiger partial charge in [-0.1, -0.05) is 49.2 Å². The summed E-state index contributed by atoms with van der Waals surface area (Å²) in [4.78, 5) is 32.1. The van der Waals surface area contributed by atoms with Gasteiger partial charge in [0.05, 0.1) is 11.8 Å². The number of benzene rings is 1. The number of aliphatic hydroxyl groups excluding tert-OH is 1. The SMILES string of the molecule is CCCC1=C2[C@@H](CC/C(=C/c3ccc(CO)o3)c3ccccn3)OB(O)C[C@@H]2[C@@H]2C(=O)c3ccccc3C(=O)[C@@H]2C1. The summed E-state index contributed by atoms with van der Waals surface area (Å²) in [5, 5.41) is 20.3. The summed E-state index contributed by atoms with van der Waals surface area (Å²) in [6.45, 7) is 1.95. The molecule has 1 fully saturated rings. The van der Waals surface area contributed by atoms with Gasteiger partial charge in [0, 0.05) is 29.2 Å². The van der Waals surface area contributed by atoms with Crippen molar-refractivity contribution in [2.24, 2.45) is 17.8 Å². The van der Waals surface area contributed by atoms with Gasteiger partial charge in [-0.3, -0.25) is 14.6 Å². The first-order valence-electron chi connectivity index (χ1n) is 14.5. The lowest BCUT2D eigenvalue weighted by atomic mass is 9.54. The number of allylic oxidation sites excluding steroid dienone is 2. The van der Waals surface area contributed by atoms with Crippen molar-refractivity contribution in [3.05, 3.63) is 100 Å². The van der Waals surface area contributed by atoms with Crippen LogP contribution < -0.4 is 0 Å². The van der Waals surface area contributed by atoms with E-state index < -0.39 is 19.0 Å². The summed E-state index contributed by atoms with van der Waals surface area (Å²) in [5.74, 6) is 0.0146. The molecular weight excluding hydrogens is 517 g/mol. The Balaban J connectivity index is 1.35. The number of hydrogen-bond acceptors (Lipinski definition) is 7. The van der Waals surface area contributed by atoms with Gasteiger partial charge in [0.15, 0.2) is 11.6 Å². The van der Waals surface area contributed by atoms with Crippen LogP contribution in [0.25, 0.3) is 11.6 Å². The van der Waals surface area contributed by atoms with Crippen LogP contribution >= 0.6 is 0 Å². The zero-order valence-corrected chi connectivity index (χ0v) is 23.2. The highest BCUT2D eigenvalue weighted by atomic mass is 16.5. The molecule has 0 radical (unpaired) electrons. The maximum atomic E-state index is 13.9. The Morgan fingerprint density at radius 2 is 1.83 bits per heavy atom. The summed E-state index contributed by atoms with van der Waals surface area (Å²) >= 11 is 0. The molecule has 0 amide bonds. The van der Waals surface area contributed by atoms with E-state index in [0.717, 1.165) is 29.7 Å². The van der Waals surface area contributed by atoms with Crippen LogP contribution in [0.5, 0.6) is 0 Å². The fourth-order valence-corrected chi connectivity index (χ4v) is 7.05. The van der Waals surface area contributed by atoms with Gasteiger partial charge in [-0.15, -0.1) is 0 Å². The molecule has 7 nitrogen and oxygen atoms in total. The molecule has 3 heterocycles. The molecule has 8 heteroatoms. The van der Waals surface area contributed by atoms with Crippen LogP contribution in [-0.2, 0) is 11.3 Å². The normalized spacial score (nSPS) is 24.3. The van der Waals surface area contributed by atoms with Gasteiger partial charge in [0.1, 0.15) is 18.1 Å². The molecule has 0 bridgehead atoms. The van der Waals surface area contributed by atoms with E-state index in [4.69, 9.17) is 9.07 Å². The van der Waals surface area contributed by atoms with Crippen molar-refractivity contribution in [2.45, 2.75) is 58.1 Å². The molecule has 1 aromatic carbocycles. The second-order valence-electron chi connectivity index (χ2n) is 11.2. The molecule has 0 unspecified atom stereocenters. The molecular formula is C33H34BNO6. The predicted octanol–water partition coefficient (Wildman–Crippen LogP) is 5.80. The van der Waals surface area contributed by atoms with Crippen molar-refractivity contribution in [3.63, 3.8) is 0 Å². The van der Waals surface area contributed by atoms with Crippen molar-refractivity contribution < 1.29 is 28.8 Å². The number of carbonyl (C=O) groups is 2. The summed E-state index contributed by atoms with van der Waals surface area (Å²) < 4.78 is 11.9. The second kappa shape index (κ2) is 11.7. The quantitative estimate of drug-likeness (QED) is 0.269. The topological polar surface area (TPSA) is 110 Å². The zero-order chi connectivity index (χ0) is 28.5. The number of rotatable bonds is 8. The number of Topliss-reactive ketones (excluding diaryl/α,β-unsaturated/α-hetero) is 2. The third kappa shape index (κ3) is 5.28. The molecule has 41 heavy (non-hydrogen) atoms. The van der Waals surface area contributed by atoms with Crippen molar-refractivity contribution >= 4 is 30.3 Å². The Morgan fingerprint density at radius 1 is 1.05 bits per heavy atom. The molecule has 2 aliphatic carbocycles. The van der Waals surface area contributed by atoms with Crippen LogP contribution in [-0.4, -0.2) is 39.9 Å². The minimum atomic E-state index is -1.02. The van der Waals surface area contributed by atoms with Crippen molar-refractivity contribution in [1.29, 1.82) is 0 Å². The molecule has 210 valence electrons. The lowest BCUT2D eigenvalue weighted by Crippen LogP contribution is -2.50. The molecule has 0 spiro atoms. The molecule has 3 aliphatic rings. The average molecular weight is 551 g/mol. The highest BCUT2D eigenvalue weighted by molar-refractivity contribution is 6.43. The number of aromatic nitrogens is 1. The van der Waals surface area contributed by atoms with E-state index >= 15 is 0 Å². The van der Waals surface area contributed by atoms with Crippen LogP contribution in [0.3, 0.4) is 0 Å². The van der Waals surface area contributed by atoms with Crippen molar-refractivity contribution in [1.82, 2.24) is 4.98 Å². The number of aliphatic hydroxyl groups is 1. The molecule has 1 saturated heterocycles. The molecule has 2 N–H and O–H groups in total. The molecule has 3 aromatic rings. The highest BCUT2D eigenvalue weighted by Gasteiger charge is 2.53. The van der Waals surface area contributed by atoms with Gasteiger partial charge in [0.25, 0.3) is 0 Å². The summed E-state index contributed by atoms with van der Waals surface area (Å²) in [5.41, 5.74) is 5.05. The Bertz CT molecular complexity index is 1510. The van der Waals surface area contributed by atoms with Crippen LogP contribution in [0.4, 0.5) is 0 Å². The molecule has 4 atom stereocenters. The first-order chi connectivity index (χ1) is 20.0. The van der Waals surface area contributed by atoms with Gasteiger partial charge >= 0.3 is 7.12 Å². The Hall–Kier alpha value is -3.59. The summed E-state index contributed by atoms with van der Waals surface area (Å²) in [6, 6.07) is 16.4. The van der Waals surface area contributed by atoms with E-state index in [2.05, 4.69) is 11.9 Å². The second-order valence-corrected chi connectivity index (χ2v) is 11.2. The molecule has 1 aliphatic heterocycles. The number of furan rings is 1. The number of ketones is 2. The smallest absolute Gasteiger partial charge is 0.455 e. The monoisotopic (exact) mass is 551 g/mol. The van der Waals surface area contributed by atoms with E-state index in [0.29, 0.717) is 48.2 Å². The molecule has 2 aromatic heterocycles. The number of fused-ring (bicyclic) bond motifs is 4. The number of carbonyl (C=O) groups excluding carboxylic acids is 2. The third-order valence-corrected chi connectivity index (χ3v) is 8.74. The number of nitrogens with zero attached hydrogens (tertiary/aromatic N) is 1. The fourth-order valence-electron chi connectivity index (χ4n) is 7.05. The number of hydrogen-bond donors (Lipinski definition) is 2. The van der Waals surface area contributed by atoms with Gasteiger partial charge in [0.2, 0.25) is 0 Å². The van der Waals surface area contributed by atoms with Gasteiger partial charge < -0.3 is 19.2 Å². The molecule has 0 saturated carbocycles. The van der Waals surface area contributed by atoms with E-state index in [1.54, 1.807) is 24.4 Å². The zero-order valence-electron chi connectivity index (χ0n) is 23.2. The Morgan fingerprint density at radius 3 is 2.54 bits per heavy atom. The van der Waals surface area contributed by atoms with Crippen LogP contribution in [0.2, 0.25) is 6.32 Å². The molecule has 6 rings (SSSR count). The summed E-state index contributed by atoms with van der Waals surface area (Å²) in [7, 11) is -1.02. The van der Waals surface area contributed by atoms with E-state index in [-0.39, 0.29) is 30.2 Å². The third-order valence-electron chi connectivity index (χ3n) is 8.74. The largest absolute Gasteiger partial charge is 0.459 e. The van der Waals surface area contributed by atoms with Crippen molar-refractivity contribution in [3.8, 4) is 0 Å². The lowest BCUT2D eigenvalue weighted by Gasteiger charge is -2.47. The van der Waals surface area contributed by atoms with Crippen LogP contribution in [0.1, 0.15) is 77.0 Å². The van der Waals surface area contributed by atoms with Crippen molar-refractivity contribution in [2.75, 3.05) is 0 Å². The van der Waals surface area contributed by atoms with Crippen LogP contribution in [0.15, 0.2) is 76.4 Å². The minimum absolute atomic E-state index is 0.00248. The highest BCUT2D eigenvalue weighted by Crippen LogP contribution is 2.51. The Kier molecular flexibility index (Phi) is 7.89. The summed E-state index contributed by atoms with van der Waals surface area (Å²) in [6.07, 6.45) is 7.05. The lowest BCUT2D eigenvalue weighted by molar-refractivity contribution is 0.0599. The van der Waals surface area contributed by atoms with Gasteiger partial charge in [-0.2, -0.15) is 0 Å². The van der Waals surface area contributed by atoms with E-state index in [1.165, 1.54) is 5.57 Å².